The Morgan fingerprint density at radius 1 is 0.958 bits per heavy atom. The van der Waals surface area contributed by atoms with Gasteiger partial charge in [0.25, 0.3) is 0 Å². The molecule has 3 N–H and O–H groups in total. The van der Waals surface area contributed by atoms with Gasteiger partial charge in [0.1, 0.15) is 6.04 Å². The molecule has 2 amide bonds. The van der Waals surface area contributed by atoms with E-state index < -0.39 is 5.91 Å². The third-order valence-corrected chi connectivity index (χ3v) is 4.31. The van der Waals surface area contributed by atoms with Gasteiger partial charge in [-0.05, 0) is 55.8 Å². The SMILES string of the molecule is NC(=O)c1ccc(NC(=O)[C@H](c2ccccc2)N2CCCC2)cc1. The quantitative estimate of drug-likeness (QED) is 0.888. The first-order chi connectivity index (χ1) is 11.6. The molecule has 5 nitrogen and oxygen atoms in total. The second-order valence-corrected chi connectivity index (χ2v) is 5.99. The second kappa shape index (κ2) is 7.27. The van der Waals surface area contributed by atoms with Crippen LogP contribution in [0.25, 0.3) is 0 Å². The van der Waals surface area contributed by atoms with Crippen LogP contribution < -0.4 is 11.1 Å². The number of nitrogens with one attached hydrogen (secondary N) is 1. The molecule has 0 aliphatic carbocycles. The van der Waals surface area contributed by atoms with Gasteiger partial charge in [-0.25, -0.2) is 0 Å². The molecule has 2 aromatic rings. The number of nitrogens with zero attached hydrogens (tertiary/aromatic N) is 1. The van der Waals surface area contributed by atoms with Crippen LogP contribution >= 0.6 is 0 Å². The predicted octanol–water partition coefficient (Wildman–Crippen LogP) is 2.56. The van der Waals surface area contributed by atoms with Crippen LogP contribution in [0.4, 0.5) is 5.69 Å². The van der Waals surface area contributed by atoms with Crippen LogP contribution in [0, 0.1) is 0 Å². The summed E-state index contributed by atoms with van der Waals surface area (Å²) in [6, 6.07) is 16.2. The minimum atomic E-state index is -0.480. The van der Waals surface area contributed by atoms with Crippen molar-refractivity contribution in [1.29, 1.82) is 0 Å². The van der Waals surface area contributed by atoms with Crippen LogP contribution in [0.1, 0.15) is 34.8 Å². The van der Waals surface area contributed by atoms with Gasteiger partial charge in [0, 0.05) is 11.3 Å². The molecular weight excluding hydrogens is 302 g/mol. The molecule has 3 rings (SSSR count). The van der Waals surface area contributed by atoms with E-state index in [1.54, 1.807) is 24.3 Å². The molecule has 5 heteroatoms. The van der Waals surface area contributed by atoms with Crippen molar-refractivity contribution in [1.82, 2.24) is 4.90 Å². The van der Waals surface area contributed by atoms with Crippen molar-refractivity contribution in [3.05, 3.63) is 65.7 Å². The smallest absolute Gasteiger partial charge is 0.248 e. The number of carbonyl (C=O) groups is 2. The molecule has 0 spiro atoms. The van der Waals surface area contributed by atoms with Crippen LogP contribution in [0.15, 0.2) is 54.6 Å². The van der Waals surface area contributed by atoms with Crippen LogP contribution in [-0.2, 0) is 4.79 Å². The lowest BCUT2D eigenvalue weighted by molar-refractivity contribution is -0.121. The minimum absolute atomic E-state index is 0.0603. The number of primary amides is 1. The van der Waals surface area contributed by atoms with Gasteiger partial charge in [-0.15, -0.1) is 0 Å². The van der Waals surface area contributed by atoms with E-state index in [1.807, 2.05) is 30.3 Å². The van der Waals surface area contributed by atoms with Crippen LogP contribution in [0.5, 0.6) is 0 Å². The molecule has 1 aliphatic heterocycles. The van der Waals surface area contributed by atoms with Crippen molar-refractivity contribution in [3.63, 3.8) is 0 Å². The van der Waals surface area contributed by atoms with Gasteiger partial charge in [-0.1, -0.05) is 30.3 Å². The summed E-state index contributed by atoms with van der Waals surface area (Å²) >= 11 is 0. The van der Waals surface area contributed by atoms with Gasteiger partial charge >= 0.3 is 0 Å². The highest BCUT2D eigenvalue weighted by molar-refractivity contribution is 5.97. The Morgan fingerprint density at radius 3 is 2.17 bits per heavy atom. The molecule has 1 heterocycles. The Labute approximate surface area is 141 Å². The maximum Gasteiger partial charge on any atom is 0.248 e. The van der Waals surface area contributed by atoms with Crippen molar-refractivity contribution in [2.24, 2.45) is 5.73 Å². The zero-order chi connectivity index (χ0) is 16.9. The lowest BCUT2D eigenvalue weighted by Gasteiger charge is -2.27. The number of hydrogen-bond donors (Lipinski definition) is 2. The monoisotopic (exact) mass is 323 g/mol. The van der Waals surface area contributed by atoms with Gasteiger partial charge in [0.05, 0.1) is 0 Å². The average Bonchev–Trinajstić information content (AvgIpc) is 3.10. The zero-order valence-corrected chi connectivity index (χ0v) is 13.4. The number of amides is 2. The Bertz CT molecular complexity index is 707. The normalized spacial score (nSPS) is 15.8. The standard InChI is InChI=1S/C19H21N3O2/c20-18(23)15-8-10-16(11-9-15)21-19(24)17(22-12-4-5-13-22)14-6-2-1-3-7-14/h1-3,6-11,17H,4-5,12-13H2,(H2,20,23)(H,21,24)/t17-/m0/s1. The summed E-state index contributed by atoms with van der Waals surface area (Å²) in [5.74, 6) is -0.540. The highest BCUT2D eigenvalue weighted by Crippen LogP contribution is 2.26. The minimum Gasteiger partial charge on any atom is -0.366 e. The fourth-order valence-corrected chi connectivity index (χ4v) is 3.09. The van der Waals surface area contributed by atoms with Crippen molar-refractivity contribution >= 4 is 17.5 Å². The summed E-state index contributed by atoms with van der Waals surface area (Å²) in [5, 5.41) is 2.95. The number of benzene rings is 2. The number of rotatable bonds is 5. The number of anilines is 1. The summed E-state index contributed by atoms with van der Waals surface area (Å²) in [7, 11) is 0. The molecule has 0 bridgehead atoms. The fraction of sp³-hybridized carbons (Fsp3) is 0.263. The summed E-state index contributed by atoms with van der Waals surface area (Å²) in [5.41, 5.74) is 7.31. The van der Waals surface area contributed by atoms with Gasteiger partial charge in [0.2, 0.25) is 11.8 Å². The van der Waals surface area contributed by atoms with Crippen LogP contribution in [-0.4, -0.2) is 29.8 Å². The van der Waals surface area contributed by atoms with E-state index in [2.05, 4.69) is 10.2 Å². The van der Waals surface area contributed by atoms with Gasteiger partial charge in [-0.3, -0.25) is 14.5 Å². The van der Waals surface area contributed by atoms with Crippen molar-refractivity contribution in [2.45, 2.75) is 18.9 Å². The van der Waals surface area contributed by atoms with Crippen LogP contribution in [0.3, 0.4) is 0 Å². The third kappa shape index (κ3) is 3.63. The van der Waals surface area contributed by atoms with E-state index in [1.165, 1.54) is 0 Å². The molecule has 24 heavy (non-hydrogen) atoms. The Balaban J connectivity index is 1.79. The van der Waals surface area contributed by atoms with E-state index in [0.717, 1.165) is 31.5 Å². The molecule has 1 fully saturated rings. The summed E-state index contributed by atoms with van der Waals surface area (Å²) in [6.07, 6.45) is 2.23. The molecule has 0 aromatic heterocycles. The fourth-order valence-electron chi connectivity index (χ4n) is 3.09. The molecule has 1 saturated heterocycles. The van der Waals surface area contributed by atoms with E-state index in [-0.39, 0.29) is 11.9 Å². The second-order valence-electron chi connectivity index (χ2n) is 5.99. The first-order valence-corrected chi connectivity index (χ1v) is 8.15. The lowest BCUT2D eigenvalue weighted by Crippen LogP contribution is -2.35. The summed E-state index contributed by atoms with van der Waals surface area (Å²) in [4.78, 5) is 26.2. The number of hydrogen-bond acceptors (Lipinski definition) is 3. The molecule has 1 aliphatic rings. The Kier molecular flexibility index (Phi) is 4.91. The Hall–Kier alpha value is -2.66. The van der Waals surface area contributed by atoms with Gasteiger partial charge < -0.3 is 11.1 Å². The van der Waals surface area contributed by atoms with Crippen LogP contribution in [0.2, 0.25) is 0 Å². The average molecular weight is 323 g/mol. The molecule has 0 unspecified atom stereocenters. The van der Waals surface area contributed by atoms with E-state index in [4.69, 9.17) is 5.73 Å². The van der Waals surface area contributed by atoms with Gasteiger partial charge in [-0.2, -0.15) is 0 Å². The molecule has 2 aromatic carbocycles. The molecule has 0 saturated carbocycles. The van der Waals surface area contributed by atoms with E-state index >= 15 is 0 Å². The Morgan fingerprint density at radius 2 is 1.58 bits per heavy atom. The largest absolute Gasteiger partial charge is 0.366 e. The maximum absolute atomic E-state index is 12.9. The predicted molar refractivity (Wildman–Crippen MR) is 93.6 cm³/mol. The molecule has 0 radical (unpaired) electrons. The highest BCUT2D eigenvalue weighted by atomic mass is 16.2. The zero-order valence-electron chi connectivity index (χ0n) is 13.4. The van der Waals surface area contributed by atoms with Crippen molar-refractivity contribution in [2.75, 3.05) is 18.4 Å². The number of nitrogens with two attached hydrogens (primary N) is 1. The lowest BCUT2D eigenvalue weighted by atomic mass is 10.0. The first-order valence-electron chi connectivity index (χ1n) is 8.15. The van der Waals surface area contributed by atoms with Crippen molar-refractivity contribution < 1.29 is 9.59 Å². The molecular formula is C19H21N3O2. The number of carbonyl (C=O) groups excluding carboxylic acids is 2. The van der Waals surface area contributed by atoms with Gasteiger partial charge in [0.15, 0.2) is 0 Å². The van der Waals surface area contributed by atoms with E-state index in [0.29, 0.717) is 11.3 Å². The van der Waals surface area contributed by atoms with E-state index in [9.17, 15) is 9.59 Å². The number of likely N-dealkylation sites (tertiary alicyclic amines) is 1. The topological polar surface area (TPSA) is 75.4 Å². The maximum atomic E-state index is 12.9. The summed E-state index contributed by atoms with van der Waals surface area (Å²) in [6.45, 7) is 1.85. The third-order valence-electron chi connectivity index (χ3n) is 4.31. The molecule has 1 atom stereocenters. The van der Waals surface area contributed by atoms with Crippen molar-refractivity contribution in [3.8, 4) is 0 Å². The first kappa shape index (κ1) is 16.2. The highest BCUT2D eigenvalue weighted by Gasteiger charge is 2.29. The summed E-state index contributed by atoms with van der Waals surface area (Å²) < 4.78 is 0. The molecule has 124 valence electrons.